The van der Waals surface area contributed by atoms with Gasteiger partial charge in [-0.3, -0.25) is 4.79 Å². The van der Waals surface area contributed by atoms with Gasteiger partial charge in [0.15, 0.2) is 0 Å². The molecule has 0 aliphatic heterocycles. The van der Waals surface area contributed by atoms with Crippen LogP contribution in [-0.2, 0) is 0 Å². The Balaban J connectivity index is 1.59. The van der Waals surface area contributed by atoms with Crippen LogP contribution in [0.5, 0.6) is 5.75 Å². The zero-order chi connectivity index (χ0) is 22.9. The summed E-state index contributed by atoms with van der Waals surface area (Å²) < 4.78 is 25.0. The van der Waals surface area contributed by atoms with E-state index in [0.29, 0.717) is 46.0 Å². The van der Waals surface area contributed by atoms with Crippen molar-refractivity contribution in [1.82, 2.24) is 15.5 Å². The van der Waals surface area contributed by atoms with Gasteiger partial charge in [-0.25, -0.2) is 9.37 Å². The second kappa shape index (κ2) is 8.65. The SMILES string of the molecule is CCC(NC(=O)c1cc(C2CC2)nc2onc(-c3ccccc3)c12)c1cc(F)ccc1OC. The predicted octanol–water partition coefficient (Wildman–Crippen LogP) is 5.80. The molecule has 1 aliphatic carbocycles. The van der Waals surface area contributed by atoms with Crippen LogP contribution in [0.15, 0.2) is 59.1 Å². The van der Waals surface area contributed by atoms with Crippen LogP contribution in [0.2, 0.25) is 0 Å². The van der Waals surface area contributed by atoms with Crippen LogP contribution in [0.4, 0.5) is 4.39 Å². The third-order valence-electron chi connectivity index (χ3n) is 6.03. The Labute approximate surface area is 190 Å². The normalized spacial score (nSPS) is 14.3. The van der Waals surface area contributed by atoms with Crippen molar-refractivity contribution < 1.29 is 18.4 Å². The number of carbonyl (C=O) groups is 1. The predicted molar refractivity (Wildman–Crippen MR) is 123 cm³/mol. The van der Waals surface area contributed by atoms with E-state index >= 15 is 0 Å². The lowest BCUT2D eigenvalue weighted by Gasteiger charge is -2.20. The lowest BCUT2D eigenvalue weighted by atomic mass is 10.00. The van der Waals surface area contributed by atoms with Gasteiger partial charge < -0.3 is 14.6 Å². The minimum atomic E-state index is -0.434. The van der Waals surface area contributed by atoms with Gasteiger partial charge in [0.25, 0.3) is 11.6 Å². The molecule has 1 aliphatic rings. The first-order chi connectivity index (χ1) is 16.1. The lowest BCUT2D eigenvalue weighted by Crippen LogP contribution is -2.29. The molecular formula is C26H24FN3O3. The van der Waals surface area contributed by atoms with E-state index in [1.807, 2.05) is 43.3 Å². The summed E-state index contributed by atoms with van der Waals surface area (Å²) in [7, 11) is 1.53. The van der Waals surface area contributed by atoms with Crippen LogP contribution in [0.1, 0.15) is 59.8 Å². The Kier molecular flexibility index (Phi) is 5.54. The molecule has 6 nitrogen and oxygen atoms in total. The molecule has 7 heteroatoms. The quantitative estimate of drug-likeness (QED) is 0.389. The summed E-state index contributed by atoms with van der Waals surface area (Å²) in [4.78, 5) is 18.3. The number of rotatable bonds is 7. The average molecular weight is 445 g/mol. The van der Waals surface area contributed by atoms with Crippen molar-refractivity contribution in [3.05, 3.63) is 77.2 Å². The van der Waals surface area contributed by atoms with Crippen molar-refractivity contribution in [1.29, 1.82) is 0 Å². The molecule has 1 unspecified atom stereocenters. The monoisotopic (exact) mass is 445 g/mol. The number of pyridine rings is 1. The molecule has 0 bridgehead atoms. The van der Waals surface area contributed by atoms with Crippen LogP contribution in [0, 0.1) is 5.82 Å². The van der Waals surface area contributed by atoms with E-state index in [9.17, 15) is 9.18 Å². The smallest absolute Gasteiger partial charge is 0.259 e. The van der Waals surface area contributed by atoms with Crippen molar-refractivity contribution in [2.75, 3.05) is 7.11 Å². The first-order valence-corrected chi connectivity index (χ1v) is 11.1. The molecule has 1 N–H and O–H groups in total. The van der Waals surface area contributed by atoms with Crippen molar-refractivity contribution in [2.24, 2.45) is 0 Å². The first kappa shape index (κ1) is 21.1. The Hall–Kier alpha value is -3.74. The van der Waals surface area contributed by atoms with Crippen LogP contribution in [-0.4, -0.2) is 23.2 Å². The molecule has 168 valence electrons. The highest BCUT2D eigenvalue weighted by Gasteiger charge is 2.30. The minimum Gasteiger partial charge on any atom is -0.496 e. The molecule has 0 radical (unpaired) electrons. The fourth-order valence-electron chi connectivity index (χ4n) is 4.14. The third kappa shape index (κ3) is 4.06. The molecule has 4 aromatic rings. The van der Waals surface area contributed by atoms with Gasteiger partial charge in [0.2, 0.25) is 0 Å². The molecule has 5 rings (SSSR count). The number of nitrogens with one attached hydrogen (secondary N) is 1. The van der Waals surface area contributed by atoms with Crippen LogP contribution in [0.25, 0.3) is 22.4 Å². The number of amides is 1. The topological polar surface area (TPSA) is 77.3 Å². The number of aromatic nitrogens is 2. The summed E-state index contributed by atoms with van der Waals surface area (Å²) in [6, 6.07) is 15.3. The average Bonchev–Trinajstić information content (AvgIpc) is 3.61. The van der Waals surface area contributed by atoms with Crippen molar-refractivity contribution >= 4 is 17.0 Å². The number of methoxy groups -OCH3 is 1. The second-order valence-corrected chi connectivity index (χ2v) is 8.27. The molecule has 0 spiro atoms. The van der Waals surface area contributed by atoms with Crippen molar-refractivity contribution in [3.8, 4) is 17.0 Å². The fraction of sp³-hybridized carbons (Fsp3) is 0.269. The summed E-state index contributed by atoms with van der Waals surface area (Å²) in [5.74, 6) is 0.183. The summed E-state index contributed by atoms with van der Waals surface area (Å²) in [5, 5.41) is 7.88. The number of benzene rings is 2. The Morgan fingerprint density at radius 2 is 2.00 bits per heavy atom. The van der Waals surface area contributed by atoms with Gasteiger partial charge >= 0.3 is 0 Å². The van der Waals surface area contributed by atoms with E-state index in [4.69, 9.17) is 9.26 Å². The lowest BCUT2D eigenvalue weighted by molar-refractivity contribution is 0.0936. The van der Waals surface area contributed by atoms with E-state index in [0.717, 1.165) is 24.1 Å². The Morgan fingerprint density at radius 3 is 2.70 bits per heavy atom. The highest BCUT2D eigenvalue weighted by molar-refractivity contribution is 6.09. The minimum absolute atomic E-state index is 0.289. The maximum absolute atomic E-state index is 14.0. The Morgan fingerprint density at radius 1 is 1.21 bits per heavy atom. The van der Waals surface area contributed by atoms with E-state index in [1.165, 1.54) is 19.2 Å². The second-order valence-electron chi connectivity index (χ2n) is 8.27. The van der Waals surface area contributed by atoms with Crippen LogP contribution < -0.4 is 10.1 Å². The van der Waals surface area contributed by atoms with E-state index in [1.54, 1.807) is 6.07 Å². The number of hydrogen-bond donors (Lipinski definition) is 1. The molecule has 2 aromatic heterocycles. The van der Waals surface area contributed by atoms with Gasteiger partial charge in [0, 0.05) is 22.7 Å². The summed E-state index contributed by atoms with van der Waals surface area (Å²) in [6.07, 6.45) is 2.64. The summed E-state index contributed by atoms with van der Waals surface area (Å²) in [5.41, 5.74) is 3.64. The molecule has 1 amide bonds. The van der Waals surface area contributed by atoms with Gasteiger partial charge in [-0.2, -0.15) is 0 Å². The number of nitrogens with zero attached hydrogens (tertiary/aromatic N) is 2. The molecule has 33 heavy (non-hydrogen) atoms. The van der Waals surface area contributed by atoms with E-state index in [2.05, 4.69) is 15.5 Å². The highest BCUT2D eigenvalue weighted by atomic mass is 19.1. The molecule has 1 fully saturated rings. The molecular weight excluding hydrogens is 421 g/mol. The van der Waals surface area contributed by atoms with Crippen LogP contribution in [0.3, 0.4) is 0 Å². The molecule has 2 heterocycles. The van der Waals surface area contributed by atoms with Gasteiger partial charge in [0.05, 0.1) is 24.1 Å². The molecule has 1 saturated carbocycles. The number of halogens is 1. The number of ether oxygens (including phenoxy) is 1. The number of fused-ring (bicyclic) bond motifs is 1. The standard InChI is InChI=1S/C26H24FN3O3/c1-3-20(18-13-17(27)11-12-22(18)32-2)28-25(31)19-14-21(15-9-10-15)29-26-23(19)24(30-33-26)16-7-5-4-6-8-16/h4-8,11-15,20H,3,9-10H2,1-2H3,(H,28,31). The van der Waals surface area contributed by atoms with Gasteiger partial charge in [0.1, 0.15) is 17.3 Å². The molecule has 0 saturated heterocycles. The van der Waals surface area contributed by atoms with Crippen molar-refractivity contribution in [3.63, 3.8) is 0 Å². The van der Waals surface area contributed by atoms with Crippen LogP contribution >= 0.6 is 0 Å². The number of hydrogen-bond acceptors (Lipinski definition) is 5. The zero-order valence-electron chi connectivity index (χ0n) is 18.5. The van der Waals surface area contributed by atoms with E-state index in [-0.39, 0.29) is 11.7 Å². The largest absolute Gasteiger partial charge is 0.496 e. The summed E-state index contributed by atoms with van der Waals surface area (Å²) >= 11 is 0. The van der Waals surface area contributed by atoms with E-state index < -0.39 is 6.04 Å². The number of carbonyl (C=O) groups excluding carboxylic acids is 1. The molecule has 2 aromatic carbocycles. The third-order valence-corrected chi connectivity index (χ3v) is 6.03. The summed E-state index contributed by atoms with van der Waals surface area (Å²) in [6.45, 7) is 1.93. The molecule has 1 atom stereocenters. The zero-order valence-corrected chi connectivity index (χ0v) is 18.5. The van der Waals surface area contributed by atoms with Gasteiger partial charge in [-0.1, -0.05) is 42.4 Å². The maximum Gasteiger partial charge on any atom is 0.259 e. The van der Waals surface area contributed by atoms with Gasteiger partial charge in [-0.05, 0) is 43.5 Å². The fourth-order valence-corrected chi connectivity index (χ4v) is 4.14. The van der Waals surface area contributed by atoms with Crippen molar-refractivity contribution in [2.45, 2.75) is 38.1 Å². The van der Waals surface area contributed by atoms with Gasteiger partial charge in [-0.15, -0.1) is 0 Å². The maximum atomic E-state index is 14.0. The first-order valence-electron chi connectivity index (χ1n) is 11.1. The Bertz CT molecular complexity index is 1320. The highest BCUT2D eigenvalue weighted by Crippen LogP contribution is 2.41.